The number of nitrogens with one attached hydrogen (secondary N) is 1. The average molecular weight is 322 g/mol. The van der Waals surface area contributed by atoms with E-state index in [1.807, 2.05) is 37.3 Å². The van der Waals surface area contributed by atoms with Gasteiger partial charge in [0.05, 0.1) is 6.54 Å². The van der Waals surface area contributed by atoms with Gasteiger partial charge in [-0.3, -0.25) is 0 Å². The van der Waals surface area contributed by atoms with Gasteiger partial charge in [0, 0.05) is 22.4 Å². The van der Waals surface area contributed by atoms with Crippen LogP contribution in [0.5, 0.6) is 5.75 Å². The van der Waals surface area contributed by atoms with E-state index in [4.69, 9.17) is 10.5 Å². The lowest BCUT2D eigenvalue weighted by Crippen LogP contribution is -2.13. The molecule has 3 N–H and O–H groups in total. The largest absolute Gasteiger partial charge is 0.492 e. The van der Waals surface area contributed by atoms with Crippen LogP contribution in [0, 0.1) is 6.92 Å². The quantitative estimate of drug-likeness (QED) is 0.655. The van der Waals surface area contributed by atoms with Crippen LogP contribution in [0.25, 0.3) is 0 Å². The molecule has 0 spiro atoms. The normalized spacial score (nSPS) is 10.2. The first-order valence-electron chi connectivity index (χ1n) is 5.99. The lowest BCUT2D eigenvalue weighted by Gasteiger charge is -2.10. The number of aromatic nitrogens is 1. The van der Waals surface area contributed by atoms with Crippen LogP contribution in [0.1, 0.15) is 5.56 Å². The molecule has 0 saturated heterocycles. The highest BCUT2D eigenvalue weighted by molar-refractivity contribution is 9.10. The molecule has 0 aliphatic carbocycles. The number of hydrogen-bond donors (Lipinski definition) is 2. The Balaban J connectivity index is 1.81. The molecule has 5 heteroatoms. The van der Waals surface area contributed by atoms with E-state index >= 15 is 0 Å². The summed E-state index contributed by atoms with van der Waals surface area (Å²) in [6.07, 6.45) is 1.77. The van der Waals surface area contributed by atoms with E-state index in [-0.39, 0.29) is 0 Å². The topological polar surface area (TPSA) is 60.2 Å². The molecular weight excluding hydrogens is 306 g/mol. The molecule has 2 aromatic rings. The van der Waals surface area contributed by atoms with E-state index in [2.05, 4.69) is 26.2 Å². The molecular formula is C14H16BrN3O. The highest BCUT2D eigenvalue weighted by atomic mass is 79.9. The smallest absolute Gasteiger partial charge is 0.129 e. The Bertz CT molecular complexity index is 560. The summed E-state index contributed by atoms with van der Waals surface area (Å²) in [5.74, 6) is 1.65. The number of nitrogens with zero attached hydrogens (tertiary/aromatic N) is 1. The van der Waals surface area contributed by atoms with Crippen LogP contribution in [0.15, 0.2) is 41.0 Å². The molecule has 0 bridgehead atoms. The van der Waals surface area contributed by atoms with Crippen molar-refractivity contribution >= 4 is 27.4 Å². The molecule has 4 nitrogen and oxygen atoms in total. The predicted molar refractivity (Wildman–Crippen MR) is 81.5 cm³/mol. The van der Waals surface area contributed by atoms with E-state index in [9.17, 15) is 0 Å². The van der Waals surface area contributed by atoms with Gasteiger partial charge in [-0.25, -0.2) is 4.98 Å². The number of aryl methyl sites for hydroxylation is 1. The number of ether oxygens (including phenoxy) is 1. The maximum atomic E-state index is 5.68. The maximum Gasteiger partial charge on any atom is 0.129 e. The molecule has 1 aromatic carbocycles. The van der Waals surface area contributed by atoms with Crippen molar-refractivity contribution in [2.75, 3.05) is 24.2 Å². The molecule has 0 fully saturated rings. The van der Waals surface area contributed by atoms with Crippen molar-refractivity contribution < 1.29 is 4.74 Å². The first-order valence-corrected chi connectivity index (χ1v) is 6.79. The van der Waals surface area contributed by atoms with Gasteiger partial charge < -0.3 is 15.8 Å². The Hall–Kier alpha value is -1.75. The summed E-state index contributed by atoms with van der Waals surface area (Å²) >= 11 is 3.39. The highest BCUT2D eigenvalue weighted by Crippen LogP contribution is 2.17. The second-order valence-electron chi connectivity index (χ2n) is 4.17. The Kier molecular flexibility index (Phi) is 4.63. The zero-order valence-corrected chi connectivity index (χ0v) is 12.3. The van der Waals surface area contributed by atoms with E-state index in [1.165, 1.54) is 0 Å². The van der Waals surface area contributed by atoms with Crippen LogP contribution in [0.3, 0.4) is 0 Å². The Labute approximate surface area is 121 Å². The second kappa shape index (κ2) is 6.43. The van der Waals surface area contributed by atoms with Crippen LogP contribution in [-0.4, -0.2) is 18.1 Å². The number of nitrogens with two attached hydrogens (primary N) is 1. The van der Waals surface area contributed by atoms with Crippen molar-refractivity contribution in [2.45, 2.75) is 6.92 Å². The monoisotopic (exact) mass is 321 g/mol. The molecule has 0 amide bonds. The van der Waals surface area contributed by atoms with Crippen molar-refractivity contribution in [2.24, 2.45) is 0 Å². The highest BCUT2D eigenvalue weighted by Gasteiger charge is 2.00. The van der Waals surface area contributed by atoms with E-state index in [1.54, 1.807) is 6.20 Å². The number of anilines is 2. The number of pyridine rings is 1. The molecule has 100 valence electrons. The van der Waals surface area contributed by atoms with Gasteiger partial charge in [-0.2, -0.15) is 0 Å². The summed E-state index contributed by atoms with van der Waals surface area (Å²) in [5, 5.41) is 3.24. The van der Waals surface area contributed by atoms with Crippen molar-refractivity contribution in [1.29, 1.82) is 0 Å². The number of rotatable bonds is 5. The zero-order valence-electron chi connectivity index (χ0n) is 10.7. The molecule has 0 aliphatic heterocycles. The lowest BCUT2D eigenvalue weighted by atomic mass is 10.3. The summed E-state index contributed by atoms with van der Waals surface area (Å²) in [6.45, 7) is 3.25. The number of nitrogen functional groups attached to an aromatic ring is 1. The van der Waals surface area contributed by atoms with Crippen molar-refractivity contribution in [3.63, 3.8) is 0 Å². The first-order chi connectivity index (χ1) is 9.15. The Morgan fingerprint density at radius 1 is 1.37 bits per heavy atom. The fourth-order valence-electron chi connectivity index (χ4n) is 1.67. The summed E-state index contributed by atoms with van der Waals surface area (Å²) in [6, 6.07) is 9.43. The van der Waals surface area contributed by atoms with E-state index in [0.717, 1.165) is 21.6 Å². The molecule has 0 aliphatic rings. The third kappa shape index (κ3) is 4.13. The minimum atomic E-state index is 0.556. The fourth-order valence-corrected chi connectivity index (χ4v) is 2.11. The molecule has 1 aromatic heterocycles. The van der Waals surface area contributed by atoms with Gasteiger partial charge in [-0.15, -0.1) is 0 Å². The molecule has 0 unspecified atom stereocenters. The lowest BCUT2D eigenvalue weighted by molar-refractivity contribution is 0.333. The average Bonchev–Trinajstić information content (AvgIpc) is 2.37. The van der Waals surface area contributed by atoms with Crippen molar-refractivity contribution in [3.8, 4) is 5.75 Å². The van der Waals surface area contributed by atoms with Gasteiger partial charge in [0.2, 0.25) is 0 Å². The van der Waals surface area contributed by atoms with Crippen LogP contribution in [0.2, 0.25) is 0 Å². The van der Waals surface area contributed by atoms with Crippen LogP contribution >= 0.6 is 15.9 Å². The number of benzene rings is 1. The minimum absolute atomic E-state index is 0.556. The van der Waals surface area contributed by atoms with Gasteiger partial charge in [0.15, 0.2) is 0 Å². The molecule has 1 heterocycles. The molecule has 19 heavy (non-hydrogen) atoms. The van der Waals surface area contributed by atoms with Gasteiger partial charge in [-0.1, -0.05) is 6.07 Å². The first kappa shape index (κ1) is 13.7. The number of halogens is 1. The summed E-state index contributed by atoms with van der Waals surface area (Å²) in [5.41, 5.74) is 7.48. The van der Waals surface area contributed by atoms with Crippen molar-refractivity contribution in [3.05, 3.63) is 46.6 Å². The summed E-state index contributed by atoms with van der Waals surface area (Å²) in [7, 11) is 0. The van der Waals surface area contributed by atoms with Gasteiger partial charge in [0.25, 0.3) is 0 Å². The Morgan fingerprint density at radius 3 is 2.95 bits per heavy atom. The minimum Gasteiger partial charge on any atom is -0.492 e. The van der Waals surface area contributed by atoms with Gasteiger partial charge in [0.1, 0.15) is 18.2 Å². The summed E-state index contributed by atoms with van der Waals surface area (Å²) in [4.78, 5) is 4.30. The third-order valence-corrected chi connectivity index (χ3v) is 3.00. The molecule has 2 rings (SSSR count). The van der Waals surface area contributed by atoms with E-state index < -0.39 is 0 Å². The standard InChI is InChI=1S/C14H16BrN3O/c1-10-7-11(15)9-18-14(10)17-5-6-19-13-4-2-3-12(16)8-13/h2-4,7-9H,5-6,16H2,1H3,(H,17,18). The maximum absolute atomic E-state index is 5.68. The van der Waals surface area contributed by atoms with Crippen LogP contribution < -0.4 is 15.8 Å². The van der Waals surface area contributed by atoms with Crippen LogP contribution in [0.4, 0.5) is 11.5 Å². The van der Waals surface area contributed by atoms with E-state index in [0.29, 0.717) is 18.8 Å². The van der Waals surface area contributed by atoms with Gasteiger partial charge >= 0.3 is 0 Å². The summed E-state index contributed by atoms with van der Waals surface area (Å²) < 4.78 is 6.57. The molecule has 0 radical (unpaired) electrons. The van der Waals surface area contributed by atoms with Crippen molar-refractivity contribution in [1.82, 2.24) is 4.98 Å². The number of hydrogen-bond acceptors (Lipinski definition) is 4. The fraction of sp³-hybridized carbons (Fsp3) is 0.214. The SMILES string of the molecule is Cc1cc(Br)cnc1NCCOc1cccc(N)c1. The van der Waals surface area contributed by atoms with Crippen LogP contribution in [-0.2, 0) is 0 Å². The third-order valence-electron chi connectivity index (χ3n) is 2.57. The Morgan fingerprint density at radius 2 is 2.21 bits per heavy atom. The molecule has 0 saturated carbocycles. The predicted octanol–water partition coefficient (Wildman–Crippen LogP) is 3.23. The molecule has 0 atom stereocenters. The van der Waals surface area contributed by atoms with Gasteiger partial charge in [-0.05, 0) is 46.6 Å². The second-order valence-corrected chi connectivity index (χ2v) is 5.08. The zero-order chi connectivity index (χ0) is 13.7.